The molecule has 3 aromatic heterocycles. The molecular formula is C18H11BrN2O4. The first-order valence-electron chi connectivity index (χ1n) is 7.59. The fourth-order valence-electron chi connectivity index (χ4n) is 3.10. The fourth-order valence-corrected chi connectivity index (χ4v) is 3.44. The Morgan fingerprint density at radius 3 is 2.80 bits per heavy atom. The summed E-state index contributed by atoms with van der Waals surface area (Å²) in [5.74, 6) is -1.43. The van der Waals surface area contributed by atoms with Crippen LogP contribution in [0.3, 0.4) is 0 Å². The van der Waals surface area contributed by atoms with Gasteiger partial charge in [0.2, 0.25) is 11.6 Å². The molecule has 0 saturated carbocycles. The van der Waals surface area contributed by atoms with E-state index in [0.717, 1.165) is 0 Å². The highest BCUT2D eigenvalue weighted by Crippen LogP contribution is 2.34. The molecule has 0 radical (unpaired) electrons. The second kappa shape index (κ2) is 5.63. The van der Waals surface area contributed by atoms with Gasteiger partial charge in [-0.2, -0.15) is 0 Å². The van der Waals surface area contributed by atoms with Crippen LogP contribution in [0.15, 0.2) is 41.1 Å². The minimum absolute atomic E-state index is 0.0488. The summed E-state index contributed by atoms with van der Waals surface area (Å²) in [6.07, 6.45) is 3.11. The van der Waals surface area contributed by atoms with Crippen LogP contribution in [0, 0.1) is 0 Å². The second-order valence-corrected chi connectivity index (χ2v) is 6.40. The van der Waals surface area contributed by atoms with Crippen LogP contribution in [-0.4, -0.2) is 33.5 Å². The number of halogens is 1. The SMILES string of the molecule is CCOC(=O)c1c2c(n3cc(Br)ccc13)C(=O)c1cccnc1C2=O. The molecular weight excluding hydrogens is 388 g/mol. The second-order valence-electron chi connectivity index (χ2n) is 5.48. The third-order valence-electron chi connectivity index (χ3n) is 4.09. The Hall–Kier alpha value is -2.80. The van der Waals surface area contributed by atoms with Crippen LogP contribution in [-0.2, 0) is 4.74 Å². The number of esters is 1. The molecule has 1 aliphatic rings. The molecule has 25 heavy (non-hydrogen) atoms. The van der Waals surface area contributed by atoms with Gasteiger partial charge in [0.15, 0.2) is 0 Å². The maximum Gasteiger partial charge on any atom is 0.341 e. The summed E-state index contributed by atoms with van der Waals surface area (Å²) < 4.78 is 7.39. The average molecular weight is 399 g/mol. The number of rotatable bonds is 2. The summed E-state index contributed by atoms with van der Waals surface area (Å²) in [5.41, 5.74) is 1.04. The lowest BCUT2D eigenvalue weighted by Crippen LogP contribution is -2.24. The summed E-state index contributed by atoms with van der Waals surface area (Å²) in [6, 6.07) is 6.58. The highest BCUT2D eigenvalue weighted by Gasteiger charge is 2.39. The lowest BCUT2D eigenvalue weighted by atomic mass is 9.89. The van der Waals surface area contributed by atoms with Gasteiger partial charge in [-0.05, 0) is 47.1 Å². The average Bonchev–Trinajstić information content (AvgIpc) is 2.94. The van der Waals surface area contributed by atoms with Gasteiger partial charge in [-0.25, -0.2) is 4.79 Å². The van der Waals surface area contributed by atoms with Crippen molar-refractivity contribution in [1.29, 1.82) is 0 Å². The van der Waals surface area contributed by atoms with Gasteiger partial charge < -0.3 is 9.14 Å². The van der Waals surface area contributed by atoms with E-state index in [2.05, 4.69) is 20.9 Å². The molecule has 6 nitrogen and oxygen atoms in total. The molecule has 0 spiro atoms. The van der Waals surface area contributed by atoms with Crippen molar-refractivity contribution >= 4 is 39.0 Å². The number of nitrogens with zero attached hydrogens (tertiary/aromatic N) is 2. The molecule has 3 aromatic rings. The number of fused-ring (bicyclic) bond motifs is 4. The van der Waals surface area contributed by atoms with Crippen LogP contribution < -0.4 is 0 Å². The maximum atomic E-state index is 13.0. The summed E-state index contributed by atoms with van der Waals surface area (Å²) in [4.78, 5) is 42.5. The Balaban J connectivity index is 2.13. The Morgan fingerprint density at radius 2 is 2.04 bits per heavy atom. The van der Waals surface area contributed by atoms with E-state index < -0.39 is 11.8 Å². The van der Waals surface area contributed by atoms with E-state index in [1.54, 1.807) is 41.8 Å². The predicted octanol–water partition coefficient (Wildman–Crippen LogP) is 3.05. The topological polar surface area (TPSA) is 77.7 Å². The lowest BCUT2D eigenvalue weighted by Gasteiger charge is -2.14. The van der Waals surface area contributed by atoms with E-state index in [1.807, 2.05) is 0 Å². The van der Waals surface area contributed by atoms with Crippen LogP contribution in [0.2, 0.25) is 0 Å². The summed E-state index contributed by atoms with van der Waals surface area (Å²) in [5, 5.41) is 0. The molecule has 3 heterocycles. The van der Waals surface area contributed by atoms with E-state index in [4.69, 9.17) is 4.74 Å². The molecule has 0 amide bonds. The summed E-state index contributed by atoms with van der Waals surface area (Å²) in [7, 11) is 0. The molecule has 0 fully saturated rings. The zero-order chi connectivity index (χ0) is 17.7. The number of hydrogen-bond acceptors (Lipinski definition) is 5. The molecule has 0 aromatic carbocycles. The van der Waals surface area contributed by atoms with Gasteiger partial charge in [-0.15, -0.1) is 0 Å². The molecule has 0 N–H and O–H groups in total. The largest absolute Gasteiger partial charge is 0.462 e. The lowest BCUT2D eigenvalue weighted by molar-refractivity contribution is 0.0526. The van der Waals surface area contributed by atoms with Gasteiger partial charge in [0.05, 0.1) is 28.8 Å². The van der Waals surface area contributed by atoms with Crippen molar-refractivity contribution < 1.29 is 19.1 Å². The summed E-state index contributed by atoms with van der Waals surface area (Å²) >= 11 is 3.36. The molecule has 0 unspecified atom stereocenters. The minimum Gasteiger partial charge on any atom is -0.462 e. The van der Waals surface area contributed by atoms with E-state index in [0.29, 0.717) is 9.99 Å². The number of ketones is 2. The van der Waals surface area contributed by atoms with Crippen LogP contribution in [0.1, 0.15) is 49.4 Å². The zero-order valence-corrected chi connectivity index (χ0v) is 14.7. The van der Waals surface area contributed by atoms with Gasteiger partial charge in [-0.3, -0.25) is 14.6 Å². The smallest absolute Gasteiger partial charge is 0.341 e. The number of aromatic nitrogens is 2. The zero-order valence-electron chi connectivity index (χ0n) is 13.1. The first-order valence-corrected chi connectivity index (χ1v) is 8.39. The molecule has 7 heteroatoms. The van der Waals surface area contributed by atoms with Crippen molar-refractivity contribution in [2.75, 3.05) is 6.61 Å². The van der Waals surface area contributed by atoms with Crippen LogP contribution in [0.25, 0.3) is 5.52 Å². The number of carbonyl (C=O) groups is 3. The molecule has 124 valence electrons. The number of hydrogen-bond donors (Lipinski definition) is 0. The molecule has 0 atom stereocenters. The Kier molecular flexibility index (Phi) is 3.54. The minimum atomic E-state index is -0.635. The molecule has 0 aliphatic heterocycles. The van der Waals surface area contributed by atoms with Crippen molar-refractivity contribution in [3.8, 4) is 0 Å². The van der Waals surface area contributed by atoms with Gasteiger partial charge in [-0.1, -0.05) is 0 Å². The van der Waals surface area contributed by atoms with Crippen LogP contribution >= 0.6 is 15.9 Å². The molecule has 0 bridgehead atoms. The Morgan fingerprint density at radius 1 is 1.24 bits per heavy atom. The van der Waals surface area contributed by atoms with Crippen molar-refractivity contribution in [2.45, 2.75) is 6.92 Å². The predicted molar refractivity (Wildman–Crippen MR) is 92.2 cm³/mol. The van der Waals surface area contributed by atoms with E-state index in [1.165, 1.54) is 6.20 Å². The van der Waals surface area contributed by atoms with Gasteiger partial charge >= 0.3 is 5.97 Å². The van der Waals surface area contributed by atoms with E-state index in [-0.39, 0.29) is 40.5 Å². The van der Waals surface area contributed by atoms with Crippen molar-refractivity contribution in [1.82, 2.24) is 9.38 Å². The van der Waals surface area contributed by atoms with Gasteiger partial charge in [0.25, 0.3) is 0 Å². The van der Waals surface area contributed by atoms with Gasteiger partial charge in [0, 0.05) is 16.9 Å². The molecule has 0 saturated heterocycles. The summed E-state index contributed by atoms with van der Waals surface area (Å²) in [6.45, 7) is 1.85. The van der Waals surface area contributed by atoms with Crippen LogP contribution in [0.4, 0.5) is 0 Å². The molecule has 1 aliphatic carbocycles. The quantitative estimate of drug-likeness (QED) is 0.485. The standard InChI is InChI=1S/C18H11BrN2O4/c1-2-25-18(24)12-11-6-5-9(19)8-21(11)15-13(12)17(23)14-10(16(15)22)4-3-7-20-14/h3-8H,2H2,1H3. The first kappa shape index (κ1) is 15.7. The van der Waals surface area contributed by atoms with Crippen molar-refractivity contribution in [2.24, 2.45) is 0 Å². The number of carbonyl (C=O) groups excluding carboxylic acids is 3. The monoisotopic (exact) mass is 398 g/mol. The third-order valence-corrected chi connectivity index (χ3v) is 4.55. The van der Waals surface area contributed by atoms with E-state index >= 15 is 0 Å². The fraction of sp³-hybridized carbons (Fsp3) is 0.111. The highest BCUT2D eigenvalue weighted by molar-refractivity contribution is 9.10. The highest BCUT2D eigenvalue weighted by atomic mass is 79.9. The number of ether oxygens (including phenoxy) is 1. The maximum absolute atomic E-state index is 13.0. The molecule has 4 rings (SSSR count). The normalized spacial score (nSPS) is 12.9. The first-order chi connectivity index (χ1) is 12.0. The van der Waals surface area contributed by atoms with Crippen LogP contribution in [0.5, 0.6) is 0 Å². The van der Waals surface area contributed by atoms with Crippen molar-refractivity contribution in [3.05, 3.63) is 69.2 Å². The van der Waals surface area contributed by atoms with Crippen molar-refractivity contribution in [3.63, 3.8) is 0 Å². The third kappa shape index (κ3) is 2.16. The Bertz CT molecular complexity index is 1080. The van der Waals surface area contributed by atoms with E-state index in [9.17, 15) is 14.4 Å². The Labute approximate surface area is 150 Å². The van der Waals surface area contributed by atoms with Gasteiger partial charge in [0.1, 0.15) is 11.4 Å². The number of pyridine rings is 2.